The second-order valence-electron chi connectivity index (χ2n) is 6.82. The summed E-state index contributed by atoms with van der Waals surface area (Å²) in [6.07, 6.45) is 2.55. The number of rotatable bonds is 2. The molecule has 1 atom stereocenters. The van der Waals surface area contributed by atoms with Crippen LogP contribution < -0.4 is 9.47 Å². The molecule has 7 heteroatoms. The molecule has 1 aromatic heterocycles. The van der Waals surface area contributed by atoms with Crippen molar-refractivity contribution >= 4 is 5.91 Å². The van der Waals surface area contributed by atoms with Crippen LogP contribution in [-0.2, 0) is 17.8 Å². The zero-order valence-corrected chi connectivity index (χ0v) is 13.9. The highest BCUT2D eigenvalue weighted by Crippen LogP contribution is 2.38. The van der Waals surface area contributed by atoms with Crippen molar-refractivity contribution in [2.45, 2.75) is 37.8 Å². The van der Waals surface area contributed by atoms with Crippen molar-refractivity contribution in [2.24, 2.45) is 0 Å². The van der Waals surface area contributed by atoms with E-state index in [9.17, 15) is 4.79 Å². The first kappa shape index (κ1) is 14.7. The summed E-state index contributed by atoms with van der Waals surface area (Å²) in [4.78, 5) is 19.4. The highest BCUT2D eigenvalue weighted by molar-refractivity contribution is 5.82. The molecule has 5 rings (SSSR count). The summed E-state index contributed by atoms with van der Waals surface area (Å²) in [7, 11) is 0. The van der Waals surface area contributed by atoms with E-state index in [1.54, 1.807) is 0 Å². The average Bonchev–Trinajstić information content (AvgIpc) is 3.45. The molecule has 0 N–H and O–H groups in total. The summed E-state index contributed by atoms with van der Waals surface area (Å²) in [5.41, 5.74) is 0. The van der Waals surface area contributed by atoms with Crippen molar-refractivity contribution in [3.05, 3.63) is 35.9 Å². The first-order valence-electron chi connectivity index (χ1n) is 8.89. The van der Waals surface area contributed by atoms with Crippen LogP contribution in [0.15, 0.2) is 24.3 Å². The minimum atomic E-state index is -0.588. The van der Waals surface area contributed by atoms with E-state index in [-0.39, 0.29) is 12.5 Å². The van der Waals surface area contributed by atoms with Crippen LogP contribution in [0.25, 0.3) is 0 Å². The third-order valence-corrected chi connectivity index (χ3v) is 4.99. The van der Waals surface area contributed by atoms with Gasteiger partial charge < -0.3 is 14.4 Å². The summed E-state index contributed by atoms with van der Waals surface area (Å²) in [6.45, 7) is 2.20. The van der Waals surface area contributed by atoms with Crippen molar-refractivity contribution in [3.8, 4) is 11.5 Å². The van der Waals surface area contributed by atoms with Crippen LogP contribution in [0.1, 0.15) is 30.4 Å². The second kappa shape index (κ2) is 5.75. The smallest absolute Gasteiger partial charge is 0.267 e. The van der Waals surface area contributed by atoms with Gasteiger partial charge in [0.25, 0.3) is 5.91 Å². The summed E-state index contributed by atoms with van der Waals surface area (Å²) in [5, 5.41) is 4.62. The van der Waals surface area contributed by atoms with Gasteiger partial charge in [-0.1, -0.05) is 12.1 Å². The quantitative estimate of drug-likeness (QED) is 0.826. The molecular formula is C18H20N4O3. The van der Waals surface area contributed by atoms with E-state index >= 15 is 0 Å². The molecule has 1 amide bonds. The minimum Gasteiger partial charge on any atom is -0.485 e. The van der Waals surface area contributed by atoms with Gasteiger partial charge in [-0.2, -0.15) is 5.10 Å². The van der Waals surface area contributed by atoms with Crippen LogP contribution >= 0.6 is 0 Å². The lowest BCUT2D eigenvalue weighted by molar-refractivity contribution is -0.141. The highest BCUT2D eigenvalue weighted by Gasteiger charge is 2.33. The molecule has 0 radical (unpaired) electrons. The maximum absolute atomic E-state index is 12.8. The molecule has 1 unspecified atom stereocenters. The lowest BCUT2D eigenvalue weighted by atomic mass is 10.2. The van der Waals surface area contributed by atoms with Crippen LogP contribution in [-0.4, -0.2) is 51.4 Å². The maximum atomic E-state index is 12.8. The first-order chi connectivity index (χ1) is 12.3. The van der Waals surface area contributed by atoms with Crippen LogP contribution in [0.3, 0.4) is 0 Å². The van der Waals surface area contributed by atoms with Gasteiger partial charge in [0.1, 0.15) is 12.4 Å². The first-order valence-corrected chi connectivity index (χ1v) is 8.89. The molecule has 130 valence electrons. The minimum absolute atomic E-state index is 0.0253. The predicted molar refractivity (Wildman–Crippen MR) is 88.6 cm³/mol. The molecule has 3 heterocycles. The number of fused-ring (bicyclic) bond motifs is 2. The number of hydrogen-bond donors (Lipinski definition) is 0. The van der Waals surface area contributed by atoms with Gasteiger partial charge in [-0.3, -0.25) is 4.79 Å². The van der Waals surface area contributed by atoms with Gasteiger partial charge in [0.15, 0.2) is 17.3 Å². The zero-order chi connectivity index (χ0) is 16.8. The Bertz CT molecular complexity index is 789. The average molecular weight is 340 g/mol. The van der Waals surface area contributed by atoms with Gasteiger partial charge in [-0.05, 0) is 25.0 Å². The number of nitrogens with zero attached hydrogens (tertiary/aromatic N) is 4. The Balaban J connectivity index is 1.27. The van der Waals surface area contributed by atoms with E-state index in [0.717, 1.165) is 18.1 Å². The van der Waals surface area contributed by atoms with E-state index in [1.807, 2.05) is 33.8 Å². The molecule has 2 aliphatic heterocycles. The van der Waals surface area contributed by atoms with E-state index in [2.05, 4.69) is 10.1 Å². The molecule has 0 saturated heterocycles. The number of amides is 1. The van der Waals surface area contributed by atoms with Gasteiger partial charge in [0.05, 0.1) is 6.54 Å². The number of ether oxygens (including phenoxy) is 2. The predicted octanol–water partition coefficient (Wildman–Crippen LogP) is 1.38. The zero-order valence-electron chi connectivity index (χ0n) is 13.9. The molecule has 0 bridgehead atoms. The largest absolute Gasteiger partial charge is 0.485 e. The monoisotopic (exact) mass is 340 g/mol. The number of benzene rings is 1. The molecular weight excluding hydrogens is 320 g/mol. The van der Waals surface area contributed by atoms with Crippen LogP contribution in [0.4, 0.5) is 0 Å². The number of aromatic nitrogens is 3. The van der Waals surface area contributed by atoms with E-state index in [0.29, 0.717) is 37.1 Å². The summed E-state index contributed by atoms with van der Waals surface area (Å²) < 4.78 is 13.5. The molecule has 3 aliphatic rings. The van der Waals surface area contributed by atoms with Crippen molar-refractivity contribution in [1.82, 2.24) is 19.7 Å². The topological polar surface area (TPSA) is 69.5 Å². The van der Waals surface area contributed by atoms with Crippen LogP contribution in [0.2, 0.25) is 0 Å². The van der Waals surface area contributed by atoms with Crippen molar-refractivity contribution in [3.63, 3.8) is 0 Å². The fourth-order valence-electron chi connectivity index (χ4n) is 3.40. The van der Waals surface area contributed by atoms with Gasteiger partial charge in [0, 0.05) is 25.4 Å². The molecule has 2 aromatic rings. The van der Waals surface area contributed by atoms with Gasteiger partial charge >= 0.3 is 0 Å². The lowest BCUT2D eigenvalue weighted by Gasteiger charge is -2.30. The molecule has 1 saturated carbocycles. The molecule has 7 nitrogen and oxygen atoms in total. The molecule has 0 spiro atoms. The Kier molecular flexibility index (Phi) is 3.39. The number of para-hydroxylation sites is 2. The Hall–Kier alpha value is -2.57. The van der Waals surface area contributed by atoms with E-state index < -0.39 is 6.10 Å². The van der Waals surface area contributed by atoms with Gasteiger partial charge in [-0.25, -0.2) is 9.67 Å². The van der Waals surface area contributed by atoms with Crippen LogP contribution in [0.5, 0.6) is 11.5 Å². The van der Waals surface area contributed by atoms with E-state index in [4.69, 9.17) is 9.47 Å². The third-order valence-electron chi connectivity index (χ3n) is 4.99. The number of hydrogen-bond acceptors (Lipinski definition) is 5. The molecule has 1 aromatic carbocycles. The maximum Gasteiger partial charge on any atom is 0.267 e. The summed E-state index contributed by atoms with van der Waals surface area (Å²) >= 11 is 0. The van der Waals surface area contributed by atoms with Crippen LogP contribution in [0, 0.1) is 0 Å². The Morgan fingerprint density at radius 3 is 2.80 bits per heavy atom. The fraction of sp³-hybridized carbons (Fsp3) is 0.500. The molecule has 1 aliphatic carbocycles. The fourth-order valence-corrected chi connectivity index (χ4v) is 3.40. The Labute approximate surface area is 145 Å². The molecule has 1 fully saturated rings. The Morgan fingerprint density at radius 2 is 1.96 bits per heavy atom. The highest BCUT2D eigenvalue weighted by atomic mass is 16.6. The van der Waals surface area contributed by atoms with E-state index in [1.165, 1.54) is 12.8 Å². The van der Waals surface area contributed by atoms with Crippen molar-refractivity contribution in [2.75, 3.05) is 19.7 Å². The van der Waals surface area contributed by atoms with Gasteiger partial charge in [-0.15, -0.1) is 0 Å². The van der Waals surface area contributed by atoms with Crippen molar-refractivity contribution < 1.29 is 14.3 Å². The lowest BCUT2D eigenvalue weighted by Crippen LogP contribution is -2.47. The third kappa shape index (κ3) is 2.73. The van der Waals surface area contributed by atoms with Crippen molar-refractivity contribution in [1.29, 1.82) is 0 Å². The number of carbonyl (C=O) groups excluding carboxylic acids is 1. The SMILES string of the molecule is O=C(C1COc2ccccc2O1)N1CCc2nc(C3CC3)nn2CC1. The standard InChI is InChI=1S/C18H20N4O3/c23-18(15-11-24-13-3-1-2-4-14(13)25-15)21-8-7-16-19-17(12-5-6-12)20-22(16)10-9-21/h1-4,12,15H,5-11H2. The van der Waals surface area contributed by atoms with Gasteiger partial charge in [0.2, 0.25) is 6.10 Å². The molecule has 25 heavy (non-hydrogen) atoms. The Morgan fingerprint density at radius 1 is 1.12 bits per heavy atom. The number of carbonyl (C=O) groups is 1. The summed E-state index contributed by atoms with van der Waals surface area (Å²) in [5.74, 6) is 3.83. The summed E-state index contributed by atoms with van der Waals surface area (Å²) in [6, 6.07) is 7.45. The normalized spacial score (nSPS) is 22.2. The second-order valence-corrected chi connectivity index (χ2v) is 6.82.